The molecule has 0 aromatic heterocycles. The fourth-order valence-corrected chi connectivity index (χ4v) is 4.35. The normalized spacial score (nSPS) is 16.5. The van der Waals surface area contributed by atoms with Crippen molar-refractivity contribution in [2.45, 2.75) is 12.6 Å². The molecule has 32 heavy (non-hydrogen) atoms. The number of ether oxygens (including phenoxy) is 4. The van der Waals surface area contributed by atoms with E-state index in [1.54, 1.807) is 7.11 Å². The van der Waals surface area contributed by atoms with Gasteiger partial charge in [-0.15, -0.1) is 0 Å². The third-order valence-electron chi connectivity index (χ3n) is 5.97. The molecule has 1 fully saturated rings. The molecule has 3 aromatic rings. The largest absolute Gasteiger partial charge is 0.493 e. The van der Waals surface area contributed by atoms with Gasteiger partial charge in [-0.1, -0.05) is 42.5 Å². The molecule has 1 atom stereocenters. The van der Waals surface area contributed by atoms with Crippen LogP contribution in [0.25, 0.3) is 0 Å². The summed E-state index contributed by atoms with van der Waals surface area (Å²) in [6, 6.07) is 22.7. The van der Waals surface area contributed by atoms with Gasteiger partial charge in [-0.25, -0.2) is 0 Å². The van der Waals surface area contributed by atoms with Crippen LogP contribution in [0.3, 0.4) is 0 Å². The average Bonchev–Trinajstić information content (AvgIpc) is 3.33. The molecule has 2 aliphatic heterocycles. The van der Waals surface area contributed by atoms with Crippen LogP contribution < -0.4 is 24.3 Å². The van der Waals surface area contributed by atoms with E-state index >= 15 is 0 Å². The van der Waals surface area contributed by atoms with Crippen molar-refractivity contribution < 1.29 is 18.9 Å². The summed E-state index contributed by atoms with van der Waals surface area (Å²) in [5, 5.41) is 3.45. The summed E-state index contributed by atoms with van der Waals surface area (Å²) in [7, 11) is 1.69. The Morgan fingerprint density at radius 1 is 0.875 bits per heavy atom. The summed E-state index contributed by atoms with van der Waals surface area (Å²) in [4.78, 5) is 2.49. The highest BCUT2D eigenvalue weighted by atomic mass is 16.7. The Morgan fingerprint density at radius 3 is 2.44 bits per heavy atom. The SMILES string of the molecule is COc1cc(C(c2ccc3c(c2)OCO3)N2CCNCC2)ccc1OCc1ccccc1. The third kappa shape index (κ3) is 4.38. The summed E-state index contributed by atoms with van der Waals surface area (Å²) < 4.78 is 23.0. The molecule has 3 aromatic carbocycles. The number of rotatable bonds is 7. The van der Waals surface area contributed by atoms with Crippen molar-refractivity contribution in [3.8, 4) is 23.0 Å². The van der Waals surface area contributed by atoms with Crippen LogP contribution in [-0.2, 0) is 6.61 Å². The Kier molecular flexibility index (Phi) is 6.14. The van der Waals surface area contributed by atoms with E-state index in [1.807, 2.05) is 30.3 Å². The van der Waals surface area contributed by atoms with Crippen LogP contribution in [0, 0.1) is 0 Å². The van der Waals surface area contributed by atoms with Gasteiger partial charge in [0.2, 0.25) is 6.79 Å². The molecule has 0 aliphatic carbocycles. The number of fused-ring (bicyclic) bond motifs is 1. The van der Waals surface area contributed by atoms with Crippen LogP contribution >= 0.6 is 0 Å². The van der Waals surface area contributed by atoms with Crippen LogP contribution in [0.15, 0.2) is 66.7 Å². The lowest BCUT2D eigenvalue weighted by Gasteiger charge is -2.35. The quantitative estimate of drug-likeness (QED) is 0.609. The molecular weight excluding hydrogens is 404 g/mol. The maximum atomic E-state index is 6.08. The highest BCUT2D eigenvalue weighted by Crippen LogP contribution is 2.40. The second-order valence-electron chi connectivity index (χ2n) is 7.99. The number of hydrogen-bond donors (Lipinski definition) is 1. The van der Waals surface area contributed by atoms with E-state index in [0.717, 1.165) is 60.3 Å². The van der Waals surface area contributed by atoms with Gasteiger partial charge in [0.25, 0.3) is 0 Å². The number of nitrogens with zero attached hydrogens (tertiary/aromatic N) is 1. The monoisotopic (exact) mass is 432 g/mol. The van der Waals surface area contributed by atoms with Crippen molar-refractivity contribution in [1.82, 2.24) is 10.2 Å². The fourth-order valence-electron chi connectivity index (χ4n) is 4.35. The zero-order valence-corrected chi connectivity index (χ0v) is 18.3. The summed E-state index contributed by atoms with van der Waals surface area (Å²) in [5.74, 6) is 3.08. The lowest BCUT2D eigenvalue weighted by Crippen LogP contribution is -2.45. The van der Waals surface area contributed by atoms with Crippen LogP contribution in [-0.4, -0.2) is 45.0 Å². The Balaban J connectivity index is 1.45. The Hall–Kier alpha value is -3.22. The van der Waals surface area contributed by atoms with Gasteiger partial charge in [-0.3, -0.25) is 4.90 Å². The van der Waals surface area contributed by atoms with Crippen LogP contribution in [0.1, 0.15) is 22.7 Å². The van der Waals surface area contributed by atoms with Crippen molar-refractivity contribution in [3.63, 3.8) is 0 Å². The first-order chi connectivity index (χ1) is 15.8. The second-order valence-corrected chi connectivity index (χ2v) is 7.99. The molecule has 1 saturated heterocycles. The molecule has 0 spiro atoms. The van der Waals surface area contributed by atoms with Crippen LogP contribution in [0.2, 0.25) is 0 Å². The van der Waals surface area contributed by atoms with Gasteiger partial charge in [0.1, 0.15) is 6.61 Å². The van der Waals surface area contributed by atoms with E-state index < -0.39 is 0 Å². The van der Waals surface area contributed by atoms with Crippen molar-refractivity contribution in [2.24, 2.45) is 0 Å². The zero-order chi connectivity index (χ0) is 21.8. The number of methoxy groups -OCH3 is 1. The standard InChI is InChI=1S/C26H28N2O4/c1-29-24-15-20(7-9-22(24)30-17-19-5-3-2-4-6-19)26(28-13-11-27-12-14-28)21-8-10-23-25(16-21)32-18-31-23/h2-10,15-16,26-27H,11-14,17-18H2,1H3. The lowest BCUT2D eigenvalue weighted by atomic mass is 9.95. The van der Waals surface area contributed by atoms with Gasteiger partial charge >= 0.3 is 0 Å². The molecule has 0 radical (unpaired) electrons. The first-order valence-corrected chi connectivity index (χ1v) is 11.0. The molecule has 166 valence electrons. The van der Waals surface area contributed by atoms with Crippen molar-refractivity contribution >= 4 is 0 Å². The van der Waals surface area contributed by atoms with E-state index in [1.165, 1.54) is 5.56 Å². The maximum Gasteiger partial charge on any atom is 0.231 e. The van der Waals surface area contributed by atoms with E-state index in [0.29, 0.717) is 6.61 Å². The summed E-state index contributed by atoms with van der Waals surface area (Å²) in [6.07, 6.45) is 0. The van der Waals surface area contributed by atoms with Crippen LogP contribution in [0.5, 0.6) is 23.0 Å². The van der Waals surface area contributed by atoms with Gasteiger partial charge in [0.15, 0.2) is 23.0 Å². The van der Waals surface area contributed by atoms with Crippen molar-refractivity contribution in [3.05, 3.63) is 83.4 Å². The molecule has 6 nitrogen and oxygen atoms in total. The van der Waals surface area contributed by atoms with E-state index in [2.05, 4.69) is 46.6 Å². The van der Waals surface area contributed by atoms with E-state index in [-0.39, 0.29) is 12.8 Å². The second kappa shape index (κ2) is 9.51. The average molecular weight is 433 g/mol. The summed E-state index contributed by atoms with van der Waals surface area (Å²) in [5.41, 5.74) is 3.46. The molecule has 2 heterocycles. The highest BCUT2D eigenvalue weighted by molar-refractivity contribution is 5.50. The molecular formula is C26H28N2O4. The molecule has 0 bridgehead atoms. The Bertz CT molecular complexity index is 1050. The molecule has 1 N–H and O–H groups in total. The van der Waals surface area contributed by atoms with Gasteiger partial charge in [0.05, 0.1) is 13.2 Å². The van der Waals surface area contributed by atoms with Crippen LogP contribution in [0.4, 0.5) is 0 Å². The maximum absolute atomic E-state index is 6.08. The minimum Gasteiger partial charge on any atom is -0.493 e. The topological polar surface area (TPSA) is 52.2 Å². The predicted octanol–water partition coefficient (Wildman–Crippen LogP) is 4.00. The number of nitrogens with one attached hydrogen (secondary N) is 1. The fraction of sp³-hybridized carbons (Fsp3) is 0.308. The number of piperazine rings is 1. The first-order valence-electron chi connectivity index (χ1n) is 11.0. The molecule has 1 unspecified atom stereocenters. The Labute approximate surface area is 188 Å². The predicted molar refractivity (Wildman–Crippen MR) is 123 cm³/mol. The molecule has 2 aliphatic rings. The summed E-state index contributed by atoms with van der Waals surface area (Å²) in [6.45, 7) is 4.65. The van der Waals surface area contributed by atoms with Gasteiger partial charge in [0, 0.05) is 26.2 Å². The summed E-state index contributed by atoms with van der Waals surface area (Å²) >= 11 is 0. The van der Waals surface area contributed by atoms with Gasteiger partial charge in [-0.05, 0) is 41.0 Å². The molecule has 0 saturated carbocycles. The zero-order valence-electron chi connectivity index (χ0n) is 18.3. The molecule has 0 amide bonds. The van der Waals surface area contributed by atoms with E-state index in [9.17, 15) is 0 Å². The third-order valence-corrected chi connectivity index (χ3v) is 5.97. The minimum atomic E-state index is 0.0867. The number of benzene rings is 3. The molecule has 6 heteroatoms. The van der Waals surface area contributed by atoms with Crippen molar-refractivity contribution in [2.75, 3.05) is 40.1 Å². The first kappa shape index (κ1) is 20.7. The highest BCUT2D eigenvalue weighted by Gasteiger charge is 2.27. The van der Waals surface area contributed by atoms with Crippen molar-refractivity contribution in [1.29, 1.82) is 0 Å². The minimum absolute atomic E-state index is 0.0867. The van der Waals surface area contributed by atoms with Gasteiger partial charge in [-0.2, -0.15) is 0 Å². The lowest BCUT2D eigenvalue weighted by molar-refractivity contribution is 0.173. The Morgan fingerprint density at radius 2 is 1.62 bits per heavy atom. The smallest absolute Gasteiger partial charge is 0.231 e. The van der Waals surface area contributed by atoms with E-state index in [4.69, 9.17) is 18.9 Å². The number of hydrogen-bond acceptors (Lipinski definition) is 6. The molecule has 5 rings (SSSR count). The van der Waals surface area contributed by atoms with Gasteiger partial charge < -0.3 is 24.3 Å².